The van der Waals surface area contributed by atoms with Crippen LogP contribution in [0.3, 0.4) is 0 Å². The number of carbonyl (C=O) groups excluding carboxylic acids is 4. The maximum absolute atomic E-state index is 13.7. The Kier molecular flexibility index (Phi) is 14.6. The second-order valence-electron chi connectivity index (χ2n) is 14.8. The molecule has 0 saturated carbocycles. The number of imidazole rings is 2. The van der Waals surface area contributed by atoms with Gasteiger partial charge in [-0.2, -0.15) is 0 Å². The van der Waals surface area contributed by atoms with Crippen molar-refractivity contribution in [1.29, 1.82) is 0 Å². The highest BCUT2D eigenvalue weighted by Gasteiger charge is 2.23. The Morgan fingerprint density at radius 1 is 0.774 bits per heavy atom. The number of ether oxygens (including phenoxy) is 2. The first-order valence-electron chi connectivity index (χ1n) is 20.7. The summed E-state index contributed by atoms with van der Waals surface area (Å²) in [5, 5.41) is 10.2. The van der Waals surface area contributed by atoms with Crippen LogP contribution in [0.5, 0.6) is 5.75 Å². The lowest BCUT2D eigenvalue weighted by atomic mass is 10.1. The summed E-state index contributed by atoms with van der Waals surface area (Å²) >= 11 is 2.52. The first kappa shape index (κ1) is 44.0. The topological polar surface area (TPSA) is 240 Å². The predicted octanol–water partition coefficient (Wildman–Crippen LogP) is 5.44. The Balaban J connectivity index is 1.19. The number of hydrogen-bond acceptors (Lipinski definition) is 14. The van der Waals surface area contributed by atoms with Gasteiger partial charge in [-0.05, 0) is 50.3 Å². The van der Waals surface area contributed by atoms with E-state index in [1.165, 1.54) is 34.9 Å². The van der Waals surface area contributed by atoms with Gasteiger partial charge in [0.2, 0.25) is 23.7 Å². The number of fused-ring (bicyclic) bond motifs is 2. The van der Waals surface area contributed by atoms with Crippen LogP contribution < -0.4 is 26.8 Å². The maximum atomic E-state index is 13.7. The van der Waals surface area contributed by atoms with Gasteiger partial charge in [-0.1, -0.05) is 38.8 Å². The molecule has 326 valence electrons. The van der Waals surface area contributed by atoms with E-state index in [1.807, 2.05) is 22.9 Å². The molecule has 0 aliphatic carbocycles. The number of pyridine rings is 1. The molecule has 5 aromatic heterocycles. The predicted molar refractivity (Wildman–Crippen MR) is 238 cm³/mol. The van der Waals surface area contributed by atoms with Gasteiger partial charge in [-0.15, -0.1) is 22.7 Å². The van der Waals surface area contributed by atoms with E-state index in [4.69, 9.17) is 25.9 Å². The molecule has 0 spiro atoms. The number of rotatable bonds is 21. The minimum Gasteiger partial charge on any atom is -0.491 e. The summed E-state index contributed by atoms with van der Waals surface area (Å²) in [6.07, 6.45) is 11.3. The van der Waals surface area contributed by atoms with Gasteiger partial charge in [0.25, 0.3) is 11.8 Å². The second kappa shape index (κ2) is 20.6. The fourth-order valence-corrected chi connectivity index (χ4v) is 8.39. The van der Waals surface area contributed by atoms with Crippen molar-refractivity contribution in [3.63, 3.8) is 0 Å². The van der Waals surface area contributed by atoms with Crippen LogP contribution in [0.1, 0.15) is 97.7 Å². The second-order valence-corrected chi connectivity index (χ2v) is 16.5. The third-order valence-corrected chi connectivity index (χ3v) is 12.0. The molecular formula is C42H50N12O6S2. The van der Waals surface area contributed by atoms with Gasteiger partial charge in [0.05, 0.1) is 42.3 Å². The van der Waals surface area contributed by atoms with E-state index in [9.17, 15) is 19.2 Å². The van der Waals surface area contributed by atoms with E-state index in [0.717, 1.165) is 76.0 Å². The fraction of sp³-hybridized carbons (Fsp3) is 0.405. The minimum atomic E-state index is -0.660. The van der Waals surface area contributed by atoms with Crippen molar-refractivity contribution in [1.82, 2.24) is 39.0 Å². The molecule has 0 atom stereocenters. The minimum absolute atomic E-state index is 0.172. The molecule has 0 bridgehead atoms. The van der Waals surface area contributed by atoms with E-state index >= 15 is 0 Å². The highest BCUT2D eigenvalue weighted by Crippen LogP contribution is 2.32. The molecule has 1 saturated heterocycles. The van der Waals surface area contributed by atoms with Crippen LogP contribution in [0.15, 0.2) is 47.3 Å². The summed E-state index contributed by atoms with van der Waals surface area (Å²) in [6.45, 7) is 8.83. The molecule has 6 aromatic rings. The molecule has 62 heavy (non-hydrogen) atoms. The Morgan fingerprint density at radius 3 is 1.97 bits per heavy atom. The number of anilines is 2. The molecule has 1 aliphatic heterocycles. The van der Waals surface area contributed by atoms with Crippen molar-refractivity contribution in [2.45, 2.75) is 71.9 Å². The molecule has 4 amide bonds. The average molecular weight is 883 g/mol. The van der Waals surface area contributed by atoms with Gasteiger partial charge in [0.15, 0.2) is 15.7 Å². The lowest BCUT2D eigenvalue weighted by Gasteiger charge is -2.26. The number of nitrogens with zero attached hydrogens (tertiary/aromatic N) is 8. The highest BCUT2D eigenvalue weighted by molar-refractivity contribution is 7.12. The number of primary amides is 2. The molecule has 1 aliphatic rings. The Hall–Kier alpha value is -6.09. The van der Waals surface area contributed by atoms with Gasteiger partial charge >= 0.3 is 0 Å². The zero-order valence-corrected chi connectivity index (χ0v) is 36.4. The number of benzene rings is 1. The standard InChI is InChI=1S/C42H50N12O6S2/c1-3-5-10-28-24-61-39(46-28)37(57)50-41-48-30-20-26(34(43)55)22-32(60-17-9-12-52-15-18-59-19-16-52)33(30)53(41)13-7-8-14-54-36-31(21-27(23-45-36)35(44)56)49-42(54)51-38(58)40-47-29(25-62-40)11-6-4-2/h7-8,20-25H,3-6,9-19H2,1-2H3,(H2,43,55)(H2,44,56)(H,48,50,57)(H,49,51,58)/b8-7+. The van der Waals surface area contributed by atoms with E-state index in [0.29, 0.717) is 57.8 Å². The molecule has 18 nitrogen and oxygen atoms in total. The zero-order chi connectivity index (χ0) is 43.6. The number of aryl methyl sites for hydroxylation is 2. The first-order chi connectivity index (χ1) is 30.1. The van der Waals surface area contributed by atoms with Gasteiger partial charge < -0.3 is 25.5 Å². The molecular weight excluding hydrogens is 833 g/mol. The van der Waals surface area contributed by atoms with E-state index in [1.54, 1.807) is 21.3 Å². The van der Waals surface area contributed by atoms with Crippen molar-refractivity contribution in [3.05, 3.63) is 79.8 Å². The molecule has 7 rings (SSSR count). The summed E-state index contributed by atoms with van der Waals surface area (Å²) in [5.74, 6) is -1.36. The lowest BCUT2D eigenvalue weighted by molar-refractivity contribution is 0.0358. The molecule has 6 heterocycles. The molecule has 20 heteroatoms. The number of allylic oxidation sites excluding steroid dienone is 2. The number of hydrogen-bond donors (Lipinski definition) is 4. The number of carbonyl (C=O) groups is 4. The smallest absolute Gasteiger partial charge is 0.286 e. The van der Waals surface area contributed by atoms with E-state index in [2.05, 4.69) is 49.3 Å². The number of amides is 4. The van der Waals surface area contributed by atoms with Gasteiger partial charge in [-0.3, -0.25) is 39.3 Å². The van der Waals surface area contributed by atoms with Crippen LogP contribution in [-0.2, 0) is 30.7 Å². The maximum Gasteiger partial charge on any atom is 0.286 e. The van der Waals surface area contributed by atoms with Crippen LogP contribution in [0.2, 0.25) is 0 Å². The van der Waals surface area contributed by atoms with Crippen LogP contribution in [0.4, 0.5) is 11.9 Å². The van der Waals surface area contributed by atoms with E-state index < -0.39 is 23.6 Å². The summed E-state index contributed by atoms with van der Waals surface area (Å²) in [4.78, 5) is 76.9. The Morgan fingerprint density at radius 2 is 1.35 bits per heavy atom. The Bertz CT molecular complexity index is 2590. The van der Waals surface area contributed by atoms with Crippen molar-refractivity contribution < 1.29 is 28.7 Å². The van der Waals surface area contributed by atoms with Gasteiger partial charge in [0, 0.05) is 55.2 Å². The third kappa shape index (κ3) is 10.7. The molecule has 0 unspecified atom stereocenters. The number of unbranched alkanes of at least 4 members (excludes halogenated alkanes) is 2. The van der Waals surface area contributed by atoms with Crippen molar-refractivity contribution in [3.8, 4) is 5.75 Å². The number of morpholine rings is 1. The van der Waals surface area contributed by atoms with Crippen LogP contribution >= 0.6 is 22.7 Å². The molecule has 0 radical (unpaired) electrons. The van der Waals surface area contributed by atoms with Crippen LogP contribution in [0.25, 0.3) is 22.2 Å². The fourth-order valence-electron chi connectivity index (χ4n) is 6.90. The highest BCUT2D eigenvalue weighted by atomic mass is 32.1. The number of aromatic nitrogens is 7. The summed E-state index contributed by atoms with van der Waals surface area (Å²) in [5.41, 5.74) is 15.1. The third-order valence-electron chi connectivity index (χ3n) is 10.2. The molecule has 6 N–H and O–H groups in total. The number of thiazole rings is 2. The van der Waals surface area contributed by atoms with Crippen LogP contribution in [-0.4, -0.2) is 102 Å². The number of nitrogens with two attached hydrogens (primary N) is 2. The van der Waals surface area contributed by atoms with Crippen LogP contribution in [0, 0.1) is 0 Å². The summed E-state index contributed by atoms with van der Waals surface area (Å²) < 4.78 is 15.3. The SMILES string of the molecule is CCCCc1csc(C(=O)Nc2nc3cc(C(N)=O)cnc3n2C/C=C/Cn2c(NC(=O)c3nc(CCCC)cs3)nc3cc(C(N)=O)cc(OCCCN4CCOCC4)c32)n1. The largest absolute Gasteiger partial charge is 0.491 e. The van der Waals surface area contributed by atoms with Gasteiger partial charge in [0.1, 0.15) is 16.8 Å². The van der Waals surface area contributed by atoms with Crippen molar-refractivity contribution in [2.75, 3.05) is 50.1 Å². The molecule has 1 fully saturated rings. The monoisotopic (exact) mass is 882 g/mol. The van der Waals surface area contributed by atoms with Gasteiger partial charge in [-0.25, -0.2) is 24.9 Å². The lowest BCUT2D eigenvalue weighted by Crippen LogP contribution is -2.37. The average Bonchev–Trinajstić information content (AvgIpc) is 4.08. The molecule has 1 aromatic carbocycles. The summed E-state index contributed by atoms with van der Waals surface area (Å²) in [7, 11) is 0. The van der Waals surface area contributed by atoms with Crippen molar-refractivity contribution in [2.24, 2.45) is 11.5 Å². The summed E-state index contributed by atoms with van der Waals surface area (Å²) in [6, 6.07) is 4.70. The quantitative estimate of drug-likeness (QED) is 0.0522. The van der Waals surface area contributed by atoms with E-state index in [-0.39, 0.29) is 36.1 Å². The van der Waals surface area contributed by atoms with Crippen molar-refractivity contribution >= 4 is 80.4 Å². The zero-order valence-electron chi connectivity index (χ0n) is 34.7. The number of nitrogens with one attached hydrogen (secondary N) is 2. The Labute approximate surface area is 365 Å². The normalized spacial score (nSPS) is 13.3. The first-order valence-corrected chi connectivity index (χ1v) is 22.5.